The molecule has 0 spiro atoms. The van der Waals surface area contributed by atoms with E-state index in [0.717, 1.165) is 0 Å². The van der Waals surface area contributed by atoms with Crippen LogP contribution in [-0.4, -0.2) is 18.6 Å². The number of hydrogen-bond donors (Lipinski definition) is 0. The first kappa shape index (κ1) is 7.96. The first-order valence-electron chi connectivity index (χ1n) is 2.70. The zero-order chi connectivity index (χ0) is 7.28. The molecule has 1 unspecified atom stereocenters. The number of hydrogen-bond acceptors (Lipinski definition) is 2. The van der Waals surface area contributed by atoms with Crippen molar-refractivity contribution in [2.45, 2.75) is 19.9 Å². The maximum atomic E-state index is 10.2. The Bertz CT molecular complexity index is 136. The van der Waals surface area contributed by atoms with E-state index in [1.807, 2.05) is 0 Å². The Hall–Kier alpha value is -1.04. The van der Waals surface area contributed by atoms with Crippen LogP contribution in [0.25, 0.3) is 4.85 Å². The van der Waals surface area contributed by atoms with Gasteiger partial charge in [0.15, 0.2) is 6.61 Å². The van der Waals surface area contributed by atoms with Crippen molar-refractivity contribution in [1.29, 1.82) is 0 Å². The Morgan fingerprint density at radius 1 is 1.89 bits per heavy atom. The summed E-state index contributed by atoms with van der Waals surface area (Å²) in [5.41, 5.74) is 0. The van der Waals surface area contributed by atoms with E-state index in [4.69, 9.17) is 6.57 Å². The fraction of sp³-hybridized carbons (Fsp3) is 0.667. The standard InChI is InChI=1S/C6H10NO2/c1-5(7-3)4-9-6(2)8/h3,5H,4H2,1-2H3/q+1. The van der Waals surface area contributed by atoms with E-state index in [2.05, 4.69) is 9.58 Å². The van der Waals surface area contributed by atoms with Crippen LogP contribution in [0, 0.1) is 6.57 Å². The summed E-state index contributed by atoms with van der Waals surface area (Å²) >= 11 is 0. The molecule has 3 nitrogen and oxygen atoms in total. The largest absolute Gasteiger partial charge is 0.457 e. The van der Waals surface area contributed by atoms with Crippen molar-refractivity contribution in [1.82, 2.24) is 0 Å². The van der Waals surface area contributed by atoms with Crippen LogP contribution in [-0.2, 0) is 9.53 Å². The average Bonchev–Trinajstić information content (AvgIpc) is 1.83. The van der Waals surface area contributed by atoms with E-state index < -0.39 is 0 Å². The third-order valence-electron chi connectivity index (χ3n) is 0.782. The van der Waals surface area contributed by atoms with Crippen molar-refractivity contribution < 1.29 is 9.53 Å². The first-order valence-corrected chi connectivity index (χ1v) is 2.70. The highest BCUT2D eigenvalue weighted by Crippen LogP contribution is 1.88. The van der Waals surface area contributed by atoms with E-state index in [0.29, 0.717) is 0 Å². The Morgan fingerprint density at radius 3 is 2.78 bits per heavy atom. The summed E-state index contributed by atoms with van der Waals surface area (Å²) in [4.78, 5) is 13.5. The Labute approximate surface area is 54.4 Å². The number of ether oxygens (including phenoxy) is 1. The molecule has 0 heterocycles. The Morgan fingerprint density at radius 2 is 2.44 bits per heavy atom. The lowest BCUT2D eigenvalue weighted by Gasteiger charge is -1.95. The summed E-state index contributed by atoms with van der Waals surface area (Å²) < 4.78 is 4.58. The first-order chi connectivity index (χ1) is 4.16. The van der Waals surface area contributed by atoms with Crippen LogP contribution in [0.1, 0.15) is 13.8 Å². The average molecular weight is 128 g/mol. The SMILES string of the molecule is C#[N+]C(C)COC(C)=O. The molecule has 0 aliphatic heterocycles. The molecule has 0 N–H and O–H groups in total. The molecule has 0 radical (unpaired) electrons. The summed E-state index contributed by atoms with van der Waals surface area (Å²) in [5.74, 6) is -0.300. The molecule has 0 bridgehead atoms. The molecule has 0 saturated carbocycles. The molecule has 0 aromatic rings. The van der Waals surface area contributed by atoms with Crippen LogP contribution in [0.3, 0.4) is 0 Å². The molecule has 3 heteroatoms. The van der Waals surface area contributed by atoms with E-state index in [1.54, 1.807) is 6.92 Å². The summed E-state index contributed by atoms with van der Waals surface area (Å²) in [7, 11) is 0. The zero-order valence-electron chi connectivity index (χ0n) is 5.63. The van der Waals surface area contributed by atoms with Crippen LogP contribution in [0.15, 0.2) is 0 Å². The van der Waals surface area contributed by atoms with E-state index in [9.17, 15) is 4.79 Å². The van der Waals surface area contributed by atoms with Gasteiger partial charge < -0.3 is 4.74 Å². The van der Waals surface area contributed by atoms with Gasteiger partial charge in [0.2, 0.25) is 0 Å². The predicted molar refractivity (Wildman–Crippen MR) is 34.4 cm³/mol. The van der Waals surface area contributed by atoms with Gasteiger partial charge in [0.1, 0.15) is 0 Å². The summed E-state index contributed by atoms with van der Waals surface area (Å²) in [6.45, 7) is 8.28. The van der Waals surface area contributed by atoms with Gasteiger partial charge in [0.25, 0.3) is 6.57 Å². The second kappa shape index (κ2) is 3.90. The van der Waals surface area contributed by atoms with E-state index in [-0.39, 0.29) is 18.6 Å². The van der Waals surface area contributed by atoms with Gasteiger partial charge in [-0.1, -0.05) is 4.85 Å². The Kier molecular flexibility index (Phi) is 3.45. The highest BCUT2D eigenvalue weighted by molar-refractivity contribution is 5.65. The topological polar surface area (TPSA) is 30.7 Å². The fourth-order valence-electron chi connectivity index (χ4n) is 0.281. The van der Waals surface area contributed by atoms with Crippen molar-refractivity contribution in [2.75, 3.05) is 6.61 Å². The summed E-state index contributed by atoms with van der Waals surface area (Å²) in [6, 6.07) is -0.103. The van der Waals surface area contributed by atoms with Crippen molar-refractivity contribution in [3.05, 3.63) is 4.85 Å². The van der Waals surface area contributed by atoms with Crippen molar-refractivity contribution in [2.24, 2.45) is 0 Å². The van der Waals surface area contributed by atoms with Gasteiger partial charge in [-0.15, -0.1) is 0 Å². The third kappa shape index (κ3) is 4.82. The lowest BCUT2D eigenvalue weighted by Crippen LogP contribution is -2.09. The normalized spacial score (nSPS) is 11.7. The number of carbonyl (C=O) groups is 1. The second-order valence-corrected chi connectivity index (χ2v) is 1.80. The molecule has 0 aliphatic rings. The van der Waals surface area contributed by atoms with Gasteiger partial charge in [0, 0.05) is 13.8 Å². The smallest absolute Gasteiger partial charge is 0.302 e. The Balaban J connectivity index is 3.30. The molecule has 0 rings (SSSR count). The van der Waals surface area contributed by atoms with Gasteiger partial charge in [0.05, 0.1) is 0 Å². The van der Waals surface area contributed by atoms with Crippen molar-refractivity contribution in [3.8, 4) is 6.57 Å². The van der Waals surface area contributed by atoms with Gasteiger partial charge in [-0.3, -0.25) is 4.79 Å². The zero-order valence-corrected chi connectivity index (χ0v) is 5.63. The van der Waals surface area contributed by atoms with Gasteiger partial charge in [-0.05, 0) is 0 Å². The quantitative estimate of drug-likeness (QED) is 0.517. The molecule has 0 aliphatic carbocycles. The summed E-state index contributed by atoms with van der Waals surface area (Å²) in [5, 5.41) is 0. The molecular weight excluding hydrogens is 118 g/mol. The van der Waals surface area contributed by atoms with Crippen LogP contribution in [0.2, 0.25) is 0 Å². The van der Waals surface area contributed by atoms with Gasteiger partial charge in [-0.25, -0.2) is 0 Å². The molecule has 0 saturated heterocycles. The molecule has 0 amide bonds. The molecular formula is C6H10NO2+. The van der Waals surface area contributed by atoms with Crippen LogP contribution >= 0.6 is 0 Å². The van der Waals surface area contributed by atoms with E-state index >= 15 is 0 Å². The lowest BCUT2D eigenvalue weighted by molar-refractivity contribution is -0.141. The number of rotatable bonds is 2. The summed E-state index contributed by atoms with van der Waals surface area (Å²) in [6.07, 6.45) is 0. The number of esters is 1. The molecule has 0 aromatic carbocycles. The number of nitrogens with zero attached hydrogens (tertiary/aromatic N) is 1. The molecule has 1 atom stereocenters. The van der Waals surface area contributed by atoms with Crippen molar-refractivity contribution in [3.63, 3.8) is 0 Å². The maximum absolute atomic E-state index is 10.2. The molecule has 50 valence electrons. The minimum absolute atomic E-state index is 0.103. The number of carbonyl (C=O) groups excluding carboxylic acids is 1. The predicted octanol–water partition coefficient (Wildman–Crippen LogP) is 0.901. The lowest BCUT2D eigenvalue weighted by atomic mass is 10.4. The minimum Gasteiger partial charge on any atom is -0.457 e. The van der Waals surface area contributed by atoms with Crippen LogP contribution in [0.5, 0.6) is 0 Å². The van der Waals surface area contributed by atoms with Crippen molar-refractivity contribution >= 4 is 5.97 Å². The van der Waals surface area contributed by atoms with Gasteiger partial charge >= 0.3 is 12.0 Å². The van der Waals surface area contributed by atoms with Crippen LogP contribution < -0.4 is 0 Å². The third-order valence-corrected chi connectivity index (χ3v) is 0.782. The van der Waals surface area contributed by atoms with Crippen LogP contribution in [0.4, 0.5) is 0 Å². The fourth-order valence-corrected chi connectivity index (χ4v) is 0.281. The monoisotopic (exact) mass is 128 g/mol. The minimum atomic E-state index is -0.300. The molecule has 0 fully saturated rings. The van der Waals surface area contributed by atoms with Gasteiger partial charge in [-0.2, -0.15) is 0 Å². The highest BCUT2D eigenvalue weighted by Gasteiger charge is 2.08. The molecule has 0 aromatic heterocycles. The second-order valence-electron chi connectivity index (χ2n) is 1.80. The van der Waals surface area contributed by atoms with E-state index in [1.165, 1.54) is 6.92 Å². The maximum Gasteiger partial charge on any atom is 0.302 e. The molecule has 9 heavy (non-hydrogen) atoms. The highest BCUT2D eigenvalue weighted by atomic mass is 16.5.